The summed E-state index contributed by atoms with van der Waals surface area (Å²) < 4.78 is 1.72. The summed E-state index contributed by atoms with van der Waals surface area (Å²) >= 11 is 0. The number of hydrogen-bond donors (Lipinski definition) is 2. The van der Waals surface area contributed by atoms with E-state index >= 15 is 0 Å². The van der Waals surface area contributed by atoms with Gasteiger partial charge in [-0.05, 0) is 18.1 Å². The first-order valence-corrected chi connectivity index (χ1v) is 5.51. The molecule has 0 fully saturated rings. The third kappa shape index (κ3) is 2.32. The van der Waals surface area contributed by atoms with E-state index in [1.165, 1.54) is 0 Å². The molecule has 6 nitrogen and oxygen atoms in total. The second-order valence-corrected chi connectivity index (χ2v) is 4.21. The van der Waals surface area contributed by atoms with Crippen LogP contribution in [0.2, 0.25) is 0 Å². The van der Waals surface area contributed by atoms with Gasteiger partial charge in [0.25, 0.3) is 5.91 Å². The van der Waals surface area contributed by atoms with Crippen LogP contribution in [0.3, 0.4) is 0 Å². The lowest BCUT2D eigenvalue weighted by Crippen LogP contribution is -2.24. The maximum absolute atomic E-state index is 11.6. The summed E-state index contributed by atoms with van der Waals surface area (Å²) in [5.74, 6) is -0.581. The highest BCUT2D eigenvalue weighted by molar-refractivity contribution is 5.95. The predicted octanol–water partition coefficient (Wildman–Crippen LogP) is 0.224. The molecule has 94 valence electrons. The van der Waals surface area contributed by atoms with Crippen LogP contribution >= 0.6 is 0 Å². The van der Waals surface area contributed by atoms with Gasteiger partial charge in [-0.25, -0.2) is 0 Å². The van der Waals surface area contributed by atoms with Gasteiger partial charge in [0.1, 0.15) is 0 Å². The number of fused-ring (bicyclic) bond motifs is 1. The minimum Gasteiger partial charge on any atom is -0.370 e. The van der Waals surface area contributed by atoms with E-state index in [4.69, 9.17) is 11.5 Å². The summed E-state index contributed by atoms with van der Waals surface area (Å²) in [4.78, 5) is 15.2. The Bertz CT molecular complexity index is 637. The molecule has 4 N–H and O–H groups in total. The summed E-state index contributed by atoms with van der Waals surface area (Å²) in [6.45, 7) is 1.94. The van der Waals surface area contributed by atoms with Crippen LogP contribution < -0.4 is 11.5 Å². The summed E-state index contributed by atoms with van der Waals surface area (Å²) in [6, 6.07) is 3.94. The van der Waals surface area contributed by atoms with Crippen molar-refractivity contribution in [1.29, 1.82) is 0 Å². The smallest absolute Gasteiger partial charge is 0.253 e. The van der Waals surface area contributed by atoms with E-state index in [1.54, 1.807) is 4.68 Å². The Morgan fingerprint density at radius 3 is 2.83 bits per heavy atom. The van der Waals surface area contributed by atoms with Crippen molar-refractivity contribution in [2.24, 2.45) is 23.5 Å². The Kier molecular flexibility index (Phi) is 3.01. The summed E-state index contributed by atoms with van der Waals surface area (Å²) in [5, 5.41) is 5.36. The lowest BCUT2D eigenvalue weighted by molar-refractivity contribution is -0.117. The largest absolute Gasteiger partial charge is 0.370 e. The molecule has 6 heteroatoms. The summed E-state index contributed by atoms with van der Waals surface area (Å²) in [5.41, 5.74) is 13.1. The monoisotopic (exact) mass is 245 g/mol. The van der Waals surface area contributed by atoms with Gasteiger partial charge >= 0.3 is 0 Å². The standard InChI is InChI=1S/C12H15N5O/c1-7-3-4-8-6-17(2)16-11(8)9(7)5-10(18)15-12(13)14/h3-4,6H,5H2,1-2H3,(H4,13,14,15,18). The van der Waals surface area contributed by atoms with Gasteiger partial charge < -0.3 is 11.5 Å². The molecule has 0 aliphatic heterocycles. The number of benzene rings is 1. The Hall–Kier alpha value is -2.37. The number of guanidine groups is 1. The van der Waals surface area contributed by atoms with Gasteiger partial charge in [0, 0.05) is 18.6 Å². The van der Waals surface area contributed by atoms with Crippen LogP contribution in [0.25, 0.3) is 10.9 Å². The van der Waals surface area contributed by atoms with Gasteiger partial charge in [-0.3, -0.25) is 9.48 Å². The van der Waals surface area contributed by atoms with Crippen molar-refractivity contribution < 1.29 is 4.79 Å². The minimum atomic E-state index is -0.365. The fourth-order valence-electron chi connectivity index (χ4n) is 1.92. The average Bonchev–Trinajstić information content (AvgIpc) is 2.62. The van der Waals surface area contributed by atoms with Gasteiger partial charge in [0.2, 0.25) is 0 Å². The van der Waals surface area contributed by atoms with E-state index in [2.05, 4.69) is 10.1 Å². The second kappa shape index (κ2) is 4.48. The van der Waals surface area contributed by atoms with E-state index < -0.39 is 0 Å². The molecule has 0 bridgehead atoms. The first-order chi connectivity index (χ1) is 8.47. The van der Waals surface area contributed by atoms with Crippen LogP contribution in [0.15, 0.2) is 23.3 Å². The molecule has 2 aromatic rings. The molecular formula is C12H15N5O. The summed E-state index contributed by atoms with van der Waals surface area (Å²) in [7, 11) is 1.84. The Morgan fingerprint density at radius 1 is 1.44 bits per heavy atom. The maximum Gasteiger partial charge on any atom is 0.253 e. The van der Waals surface area contributed by atoms with Crippen molar-refractivity contribution in [2.45, 2.75) is 13.3 Å². The highest BCUT2D eigenvalue weighted by atomic mass is 16.1. The Balaban J connectivity index is 2.46. The number of aliphatic imine (C=N–C) groups is 1. The zero-order chi connectivity index (χ0) is 13.3. The van der Waals surface area contributed by atoms with Crippen molar-refractivity contribution in [3.8, 4) is 0 Å². The minimum absolute atomic E-state index is 0.151. The third-order valence-electron chi connectivity index (χ3n) is 2.71. The van der Waals surface area contributed by atoms with Gasteiger partial charge in [-0.15, -0.1) is 0 Å². The van der Waals surface area contributed by atoms with Crippen LogP contribution in [-0.2, 0) is 18.3 Å². The van der Waals surface area contributed by atoms with E-state index in [0.717, 1.165) is 22.0 Å². The van der Waals surface area contributed by atoms with E-state index in [1.807, 2.05) is 32.3 Å². The zero-order valence-corrected chi connectivity index (χ0v) is 10.3. The second-order valence-electron chi connectivity index (χ2n) is 4.21. The number of rotatable bonds is 2. The Morgan fingerprint density at radius 2 is 2.17 bits per heavy atom. The van der Waals surface area contributed by atoms with Crippen LogP contribution in [0.4, 0.5) is 0 Å². The van der Waals surface area contributed by atoms with Gasteiger partial charge in [-0.1, -0.05) is 12.1 Å². The van der Waals surface area contributed by atoms with Crippen LogP contribution in [0.1, 0.15) is 11.1 Å². The van der Waals surface area contributed by atoms with Crippen molar-refractivity contribution in [1.82, 2.24) is 9.78 Å². The average molecular weight is 245 g/mol. The van der Waals surface area contributed by atoms with Crippen molar-refractivity contribution in [3.63, 3.8) is 0 Å². The van der Waals surface area contributed by atoms with E-state index in [-0.39, 0.29) is 18.3 Å². The normalized spacial score (nSPS) is 10.6. The molecule has 1 aromatic carbocycles. The van der Waals surface area contributed by atoms with Gasteiger partial charge in [0.15, 0.2) is 5.96 Å². The van der Waals surface area contributed by atoms with E-state index in [9.17, 15) is 4.79 Å². The molecule has 0 atom stereocenters. The number of nitrogens with two attached hydrogens (primary N) is 2. The summed E-state index contributed by atoms with van der Waals surface area (Å²) in [6.07, 6.45) is 2.06. The molecule has 1 amide bonds. The molecule has 0 spiro atoms. The molecule has 1 aromatic heterocycles. The quantitative estimate of drug-likeness (QED) is 0.584. The first kappa shape index (κ1) is 12.1. The number of aryl methyl sites for hydroxylation is 2. The molecule has 1 heterocycles. The van der Waals surface area contributed by atoms with Crippen molar-refractivity contribution in [3.05, 3.63) is 29.5 Å². The highest BCUT2D eigenvalue weighted by Crippen LogP contribution is 2.21. The number of nitrogens with zero attached hydrogens (tertiary/aromatic N) is 3. The lowest BCUT2D eigenvalue weighted by atomic mass is 10.0. The highest BCUT2D eigenvalue weighted by Gasteiger charge is 2.12. The molecule has 0 saturated heterocycles. The molecule has 2 rings (SSSR count). The first-order valence-electron chi connectivity index (χ1n) is 5.51. The van der Waals surface area contributed by atoms with Crippen LogP contribution in [-0.4, -0.2) is 21.6 Å². The van der Waals surface area contributed by atoms with Crippen LogP contribution in [0, 0.1) is 6.92 Å². The fraction of sp³-hybridized carbons (Fsp3) is 0.250. The number of hydrogen-bond acceptors (Lipinski definition) is 2. The number of amides is 1. The zero-order valence-electron chi connectivity index (χ0n) is 10.3. The molecule has 0 radical (unpaired) electrons. The van der Waals surface area contributed by atoms with Gasteiger partial charge in [0.05, 0.1) is 11.9 Å². The molecule has 0 unspecified atom stereocenters. The molecular weight excluding hydrogens is 230 g/mol. The topological polar surface area (TPSA) is 99.3 Å². The number of carbonyl (C=O) groups excluding carboxylic acids is 1. The lowest BCUT2D eigenvalue weighted by Gasteiger charge is -2.04. The molecule has 0 saturated carbocycles. The number of aromatic nitrogens is 2. The third-order valence-corrected chi connectivity index (χ3v) is 2.71. The molecule has 0 aliphatic rings. The SMILES string of the molecule is Cc1ccc2cn(C)nc2c1CC(=O)N=C(N)N. The molecule has 0 aliphatic carbocycles. The van der Waals surface area contributed by atoms with Crippen LogP contribution in [0.5, 0.6) is 0 Å². The van der Waals surface area contributed by atoms with Crippen molar-refractivity contribution >= 4 is 22.8 Å². The van der Waals surface area contributed by atoms with Crippen molar-refractivity contribution in [2.75, 3.05) is 0 Å². The van der Waals surface area contributed by atoms with Gasteiger partial charge in [-0.2, -0.15) is 10.1 Å². The fourth-order valence-corrected chi connectivity index (χ4v) is 1.92. The van der Waals surface area contributed by atoms with E-state index in [0.29, 0.717) is 0 Å². The Labute approximate surface area is 104 Å². The maximum atomic E-state index is 11.6. The number of carbonyl (C=O) groups is 1. The predicted molar refractivity (Wildman–Crippen MR) is 70.0 cm³/mol. The molecule has 18 heavy (non-hydrogen) atoms.